The molecule has 3 unspecified atom stereocenters. The van der Waals surface area contributed by atoms with Crippen LogP contribution in [0.2, 0.25) is 0 Å². The summed E-state index contributed by atoms with van der Waals surface area (Å²) < 4.78 is 27.5. The van der Waals surface area contributed by atoms with Crippen molar-refractivity contribution < 1.29 is 8.42 Å². The molecule has 0 bridgehead atoms. The predicted molar refractivity (Wildman–Crippen MR) is 86.9 cm³/mol. The van der Waals surface area contributed by atoms with Gasteiger partial charge in [0.2, 0.25) is 10.0 Å². The summed E-state index contributed by atoms with van der Waals surface area (Å²) in [7, 11) is -3.27. The van der Waals surface area contributed by atoms with E-state index in [1.54, 1.807) is 0 Å². The Hall–Kier alpha value is -0.910. The third-order valence-electron chi connectivity index (χ3n) is 4.16. The van der Waals surface area contributed by atoms with E-state index < -0.39 is 10.0 Å². The van der Waals surface area contributed by atoms with E-state index in [2.05, 4.69) is 10.0 Å². The van der Waals surface area contributed by atoms with Crippen LogP contribution in [0.3, 0.4) is 0 Å². The van der Waals surface area contributed by atoms with E-state index in [4.69, 9.17) is 0 Å². The molecule has 1 heterocycles. The van der Waals surface area contributed by atoms with Crippen molar-refractivity contribution in [1.29, 1.82) is 0 Å². The van der Waals surface area contributed by atoms with Crippen LogP contribution in [0.1, 0.15) is 44.6 Å². The van der Waals surface area contributed by atoms with Gasteiger partial charge in [-0.2, -0.15) is 0 Å². The summed E-state index contributed by atoms with van der Waals surface area (Å²) in [6.45, 7) is 4.89. The maximum Gasteiger partial charge on any atom is 0.212 e. The minimum Gasteiger partial charge on any atom is -0.312 e. The summed E-state index contributed by atoms with van der Waals surface area (Å²) in [6.07, 6.45) is 3.39. The summed E-state index contributed by atoms with van der Waals surface area (Å²) in [5.74, 6) is 0.129. The zero-order valence-electron chi connectivity index (χ0n) is 12.9. The highest BCUT2D eigenvalue weighted by Gasteiger charge is 2.25. The van der Waals surface area contributed by atoms with Crippen LogP contribution in [0.15, 0.2) is 30.3 Å². The highest BCUT2D eigenvalue weighted by molar-refractivity contribution is 7.89. The molecule has 1 aromatic rings. The van der Waals surface area contributed by atoms with E-state index in [1.807, 2.05) is 44.2 Å². The minimum absolute atomic E-state index is 0.00443. The van der Waals surface area contributed by atoms with Crippen molar-refractivity contribution in [1.82, 2.24) is 10.0 Å². The third kappa shape index (κ3) is 5.09. The summed E-state index contributed by atoms with van der Waals surface area (Å²) in [4.78, 5) is 0. The molecule has 5 heteroatoms. The first-order valence-corrected chi connectivity index (χ1v) is 9.41. The van der Waals surface area contributed by atoms with E-state index in [9.17, 15) is 8.42 Å². The van der Waals surface area contributed by atoms with Gasteiger partial charge in [-0.15, -0.1) is 0 Å². The van der Waals surface area contributed by atoms with Crippen molar-refractivity contribution in [2.45, 2.75) is 51.1 Å². The van der Waals surface area contributed by atoms with Gasteiger partial charge in [-0.1, -0.05) is 43.7 Å². The molecule has 0 amide bonds. The molecule has 0 saturated carbocycles. The number of nitrogens with one attached hydrogen (secondary N) is 2. The van der Waals surface area contributed by atoms with Crippen molar-refractivity contribution >= 4 is 10.0 Å². The first kappa shape index (κ1) is 16.5. The van der Waals surface area contributed by atoms with E-state index in [1.165, 1.54) is 12.8 Å². The van der Waals surface area contributed by atoms with Gasteiger partial charge in [-0.3, -0.25) is 0 Å². The van der Waals surface area contributed by atoms with E-state index in [0.29, 0.717) is 0 Å². The topological polar surface area (TPSA) is 58.2 Å². The minimum atomic E-state index is -3.27. The Morgan fingerprint density at radius 1 is 1.24 bits per heavy atom. The van der Waals surface area contributed by atoms with Gasteiger partial charge < -0.3 is 5.32 Å². The molecule has 1 fully saturated rings. The molecule has 1 saturated heterocycles. The fourth-order valence-corrected chi connectivity index (χ4v) is 4.60. The smallest absolute Gasteiger partial charge is 0.212 e. The lowest BCUT2D eigenvalue weighted by atomic mass is 10.00. The maximum absolute atomic E-state index is 12.3. The number of piperidine rings is 1. The molecule has 3 atom stereocenters. The van der Waals surface area contributed by atoms with Crippen LogP contribution in [0, 0.1) is 0 Å². The molecule has 0 radical (unpaired) electrons. The molecule has 4 nitrogen and oxygen atoms in total. The van der Waals surface area contributed by atoms with Crippen molar-refractivity contribution in [3.63, 3.8) is 0 Å². The fourth-order valence-electron chi connectivity index (χ4n) is 2.93. The first-order chi connectivity index (χ1) is 9.98. The zero-order valence-corrected chi connectivity index (χ0v) is 13.7. The van der Waals surface area contributed by atoms with Crippen LogP contribution in [-0.2, 0) is 10.0 Å². The van der Waals surface area contributed by atoms with Gasteiger partial charge in [0, 0.05) is 12.1 Å². The number of benzene rings is 1. The second-order valence-electron chi connectivity index (χ2n) is 6.06. The molecule has 1 aromatic carbocycles. The van der Waals surface area contributed by atoms with Gasteiger partial charge in [-0.25, -0.2) is 13.1 Å². The average Bonchev–Trinajstić information content (AvgIpc) is 2.48. The Labute approximate surface area is 128 Å². The Morgan fingerprint density at radius 3 is 2.57 bits per heavy atom. The quantitative estimate of drug-likeness (QED) is 0.847. The van der Waals surface area contributed by atoms with Crippen molar-refractivity contribution in [2.24, 2.45) is 0 Å². The lowest BCUT2D eigenvalue weighted by Gasteiger charge is -2.29. The van der Waals surface area contributed by atoms with Crippen LogP contribution in [-0.4, -0.2) is 32.8 Å². The van der Waals surface area contributed by atoms with Crippen LogP contribution in [0.5, 0.6) is 0 Å². The highest BCUT2D eigenvalue weighted by Crippen LogP contribution is 2.17. The number of hydrogen-bond donors (Lipinski definition) is 2. The Kier molecular flexibility index (Phi) is 5.79. The van der Waals surface area contributed by atoms with Crippen LogP contribution in [0.4, 0.5) is 0 Å². The number of rotatable bonds is 6. The Morgan fingerprint density at radius 2 is 1.95 bits per heavy atom. The first-order valence-electron chi connectivity index (χ1n) is 7.76. The van der Waals surface area contributed by atoms with Crippen molar-refractivity contribution in [3.05, 3.63) is 35.9 Å². The SMILES string of the molecule is CC(CS(=O)(=O)NC(C)C1CCCCN1)c1ccccc1. The van der Waals surface area contributed by atoms with Gasteiger partial charge in [0.25, 0.3) is 0 Å². The second-order valence-corrected chi connectivity index (χ2v) is 7.85. The molecule has 118 valence electrons. The van der Waals surface area contributed by atoms with Crippen LogP contribution < -0.4 is 10.0 Å². The summed E-state index contributed by atoms with van der Waals surface area (Å²) in [6, 6.07) is 9.98. The predicted octanol–water partition coefficient (Wildman–Crippen LogP) is 2.24. The zero-order chi connectivity index (χ0) is 15.3. The van der Waals surface area contributed by atoms with Gasteiger partial charge >= 0.3 is 0 Å². The standard InChI is InChI=1S/C16H26N2O2S/c1-13(15-8-4-3-5-9-15)12-21(19,20)18-14(2)16-10-6-7-11-17-16/h3-5,8-9,13-14,16-18H,6-7,10-12H2,1-2H3. The molecule has 0 spiro atoms. The third-order valence-corrected chi connectivity index (χ3v) is 5.83. The highest BCUT2D eigenvalue weighted by atomic mass is 32.2. The molecular formula is C16H26N2O2S. The molecule has 1 aliphatic rings. The largest absolute Gasteiger partial charge is 0.312 e. The van der Waals surface area contributed by atoms with Gasteiger partial charge in [0.1, 0.15) is 0 Å². The number of hydrogen-bond acceptors (Lipinski definition) is 3. The van der Waals surface area contributed by atoms with Gasteiger partial charge in [0.15, 0.2) is 0 Å². The van der Waals surface area contributed by atoms with Crippen LogP contribution >= 0.6 is 0 Å². The number of sulfonamides is 1. The van der Waals surface area contributed by atoms with Gasteiger partial charge in [-0.05, 0) is 37.8 Å². The molecule has 2 rings (SSSR count). The fraction of sp³-hybridized carbons (Fsp3) is 0.625. The molecule has 2 N–H and O–H groups in total. The molecule has 21 heavy (non-hydrogen) atoms. The lowest BCUT2D eigenvalue weighted by Crippen LogP contribution is -2.50. The summed E-state index contributed by atoms with van der Waals surface area (Å²) >= 11 is 0. The summed E-state index contributed by atoms with van der Waals surface area (Å²) in [5, 5.41) is 3.40. The van der Waals surface area contributed by atoms with E-state index in [0.717, 1.165) is 18.5 Å². The Bertz CT molecular complexity index is 524. The normalized spacial score (nSPS) is 22.7. The Balaban J connectivity index is 1.92. The van der Waals surface area contributed by atoms with E-state index >= 15 is 0 Å². The average molecular weight is 310 g/mol. The monoisotopic (exact) mass is 310 g/mol. The molecular weight excluding hydrogens is 284 g/mol. The van der Waals surface area contributed by atoms with Gasteiger partial charge in [0.05, 0.1) is 5.75 Å². The molecule has 1 aliphatic heterocycles. The molecule has 0 aliphatic carbocycles. The van der Waals surface area contributed by atoms with Crippen molar-refractivity contribution in [3.8, 4) is 0 Å². The van der Waals surface area contributed by atoms with Crippen LogP contribution in [0.25, 0.3) is 0 Å². The second kappa shape index (κ2) is 7.38. The maximum atomic E-state index is 12.3. The molecule has 0 aromatic heterocycles. The lowest BCUT2D eigenvalue weighted by molar-refractivity contribution is 0.347. The summed E-state index contributed by atoms with van der Waals surface area (Å²) in [5.41, 5.74) is 1.06. The van der Waals surface area contributed by atoms with Crippen molar-refractivity contribution in [2.75, 3.05) is 12.3 Å². The van der Waals surface area contributed by atoms with E-state index in [-0.39, 0.29) is 23.8 Å².